The van der Waals surface area contributed by atoms with E-state index in [9.17, 15) is 4.79 Å². The Bertz CT molecular complexity index is 867. The van der Waals surface area contributed by atoms with Crippen LogP contribution in [-0.4, -0.2) is 22.5 Å². The van der Waals surface area contributed by atoms with Gasteiger partial charge in [-0.3, -0.25) is 9.78 Å². The van der Waals surface area contributed by atoms with Gasteiger partial charge in [0.2, 0.25) is 5.88 Å². The van der Waals surface area contributed by atoms with Crippen LogP contribution in [0.2, 0.25) is 0 Å². The predicted molar refractivity (Wildman–Crippen MR) is 102 cm³/mol. The molecular weight excluding hydrogens is 342 g/mol. The minimum Gasteiger partial charge on any atom is -0.478 e. The third kappa shape index (κ3) is 5.28. The van der Waals surface area contributed by atoms with Gasteiger partial charge in [-0.05, 0) is 36.2 Å². The lowest BCUT2D eigenvalue weighted by atomic mass is 10.2. The minimum atomic E-state index is -0.221. The first-order chi connectivity index (χ1) is 13.3. The summed E-state index contributed by atoms with van der Waals surface area (Å²) in [4.78, 5) is 20.8. The number of carbonyl (C=O) groups excluding carboxylic acids is 1. The van der Waals surface area contributed by atoms with Crippen LogP contribution in [0.25, 0.3) is 0 Å². The molecule has 3 aromatic rings. The number of pyridine rings is 2. The van der Waals surface area contributed by atoms with Crippen molar-refractivity contribution in [1.29, 1.82) is 0 Å². The Kier molecular flexibility index (Phi) is 6.35. The molecule has 0 fully saturated rings. The highest BCUT2D eigenvalue weighted by Crippen LogP contribution is 2.24. The number of benzene rings is 1. The number of para-hydroxylation sites is 1. The number of carbonyl (C=O) groups is 1. The van der Waals surface area contributed by atoms with E-state index in [1.165, 1.54) is 0 Å². The molecule has 0 aliphatic heterocycles. The maximum atomic E-state index is 12.6. The molecule has 2 aromatic heterocycles. The van der Waals surface area contributed by atoms with Gasteiger partial charge in [-0.1, -0.05) is 25.1 Å². The van der Waals surface area contributed by atoms with Crippen LogP contribution in [0.4, 0.5) is 0 Å². The molecule has 1 N–H and O–H groups in total. The van der Waals surface area contributed by atoms with Crippen molar-refractivity contribution < 1.29 is 14.3 Å². The Morgan fingerprint density at radius 1 is 1.07 bits per heavy atom. The van der Waals surface area contributed by atoms with E-state index < -0.39 is 0 Å². The van der Waals surface area contributed by atoms with Crippen LogP contribution in [0.5, 0.6) is 17.4 Å². The Balaban J connectivity index is 1.63. The molecule has 2 heterocycles. The summed E-state index contributed by atoms with van der Waals surface area (Å²) in [6.07, 6.45) is 5.89. The van der Waals surface area contributed by atoms with E-state index in [0.717, 1.165) is 12.0 Å². The highest BCUT2D eigenvalue weighted by molar-refractivity contribution is 5.96. The van der Waals surface area contributed by atoms with Crippen molar-refractivity contribution in [3.8, 4) is 17.4 Å². The topological polar surface area (TPSA) is 73.3 Å². The summed E-state index contributed by atoms with van der Waals surface area (Å²) in [5, 5.41) is 2.89. The van der Waals surface area contributed by atoms with Crippen molar-refractivity contribution in [2.24, 2.45) is 0 Å². The van der Waals surface area contributed by atoms with Crippen molar-refractivity contribution in [3.05, 3.63) is 78.2 Å². The van der Waals surface area contributed by atoms with Crippen LogP contribution in [0.15, 0.2) is 67.1 Å². The number of aromatic nitrogens is 2. The van der Waals surface area contributed by atoms with E-state index >= 15 is 0 Å². The Morgan fingerprint density at radius 3 is 2.70 bits per heavy atom. The third-order valence-electron chi connectivity index (χ3n) is 3.70. The molecule has 0 spiro atoms. The number of amides is 1. The Hall–Kier alpha value is -3.41. The molecule has 0 bridgehead atoms. The van der Waals surface area contributed by atoms with E-state index in [4.69, 9.17) is 9.47 Å². The van der Waals surface area contributed by atoms with Gasteiger partial charge in [0.25, 0.3) is 5.91 Å². The monoisotopic (exact) mass is 363 g/mol. The zero-order chi connectivity index (χ0) is 18.9. The summed E-state index contributed by atoms with van der Waals surface area (Å²) >= 11 is 0. The first kappa shape index (κ1) is 18.4. The van der Waals surface area contributed by atoms with E-state index in [2.05, 4.69) is 15.3 Å². The van der Waals surface area contributed by atoms with Gasteiger partial charge in [0, 0.05) is 25.0 Å². The number of nitrogens with zero attached hydrogens (tertiary/aromatic N) is 2. The maximum Gasteiger partial charge on any atom is 0.255 e. The molecule has 0 aliphatic carbocycles. The van der Waals surface area contributed by atoms with Crippen molar-refractivity contribution in [2.75, 3.05) is 6.61 Å². The summed E-state index contributed by atoms with van der Waals surface area (Å²) in [5.41, 5.74) is 1.34. The molecule has 3 rings (SSSR count). The maximum absolute atomic E-state index is 12.6. The molecule has 6 nitrogen and oxygen atoms in total. The lowest BCUT2D eigenvalue weighted by Gasteiger charge is -2.11. The summed E-state index contributed by atoms with van der Waals surface area (Å²) < 4.78 is 11.2. The first-order valence-corrected chi connectivity index (χ1v) is 8.79. The van der Waals surface area contributed by atoms with Crippen molar-refractivity contribution >= 4 is 5.91 Å². The van der Waals surface area contributed by atoms with Crippen LogP contribution in [0.1, 0.15) is 29.3 Å². The predicted octanol–water partition coefficient (Wildman–Crippen LogP) is 3.99. The van der Waals surface area contributed by atoms with Crippen molar-refractivity contribution in [2.45, 2.75) is 19.9 Å². The molecule has 27 heavy (non-hydrogen) atoms. The molecule has 138 valence electrons. The minimum absolute atomic E-state index is 0.221. The van der Waals surface area contributed by atoms with Gasteiger partial charge in [-0.15, -0.1) is 0 Å². The van der Waals surface area contributed by atoms with E-state index in [1.54, 1.807) is 55.0 Å². The molecule has 1 amide bonds. The smallest absolute Gasteiger partial charge is 0.255 e. The molecule has 0 atom stereocenters. The van der Waals surface area contributed by atoms with Gasteiger partial charge in [0.1, 0.15) is 11.5 Å². The van der Waals surface area contributed by atoms with Crippen LogP contribution in [0, 0.1) is 0 Å². The fourth-order valence-corrected chi connectivity index (χ4v) is 2.36. The van der Waals surface area contributed by atoms with Crippen molar-refractivity contribution in [3.63, 3.8) is 0 Å². The average Bonchev–Trinajstić information content (AvgIpc) is 2.72. The molecule has 1 aromatic carbocycles. The molecule has 0 radical (unpaired) electrons. The highest BCUT2D eigenvalue weighted by Gasteiger charge is 2.12. The summed E-state index contributed by atoms with van der Waals surface area (Å²) in [5.74, 6) is 1.41. The van der Waals surface area contributed by atoms with Gasteiger partial charge in [0.05, 0.1) is 18.4 Å². The lowest BCUT2D eigenvalue weighted by molar-refractivity contribution is 0.0948. The quantitative estimate of drug-likeness (QED) is 0.655. The number of hydrogen-bond donors (Lipinski definition) is 1. The molecule has 0 saturated heterocycles. The fourth-order valence-electron chi connectivity index (χ4n) is 2.36. The van der Waals surface area contributed by atoms with Gasteiger partial charge in [0.15, 0.2) is 0 Å². The molecule has 0 saturated carbocycles. The SMILES string of the molecule is CCCOc1ccc(CNC(=O)c2ccccc2Oc2cccnc2)cn1. The standard InChI is InChI=1S/C21H21N3O3/c1-2-12-26-20-10-9-16(13-23-20)14-24-21(25)18-7-3-4-8-19(18)27-17-6-5-11-22-15-17/h3-11,13,15H,2,12,14H2,1H3,(H,24,25). The zero-order valence-electron chi connectivity index (χ0n) is 15.1. The van der Waals surface area contributed by atoms with Crippen LogP contribution in [-0.2, 0) is 6.54 Å². The number of rotatable bonds is 8. The van der Waals surface area contributed by atoms with Crippen LogP contribution in [0.3, 0.4) is 0 Å². The van der Waals surface area contributed by atoms with Crippen LogP contribution < -0.4 is 14.8 Å². The first-order valence-electron chi connectivity index (χ1n) is 8.79. The number of hydrogen-bond acceptors (Lipinski definition) is 5. The summed E-state index contributed by atoms with van der Waals surface area (Å²) in [6.45, 7) is 3.04. The van der Waals surface area contributed by atoms with Crippen molar-refractivity contribution in [1.82, 2.24) is 15.3 Å². The normalized spacial score (nSPS) is 10.3. The van der Waals surface area contributed by atoms with E-state index in [0.29, 0.717) is 36.1 Å². The fraction of sp³-hybridized carbons (Fsp3) is 0.190. The van der Waals surface area contributed by atoms with Gasteiger partial charge >= 0.3 is 0 Å². The molecule has 6 heteroatoms. The Labute approximate surface area is 158 Å². The zero-order valence-corrected chi connectivity index (χ0v) is 15.1. The highest BCUT2D eigenvalue weighted by atomic mass is 16.5. The number of nitrogens with one attached hydrogen (secondary N) is 1. The second-order valence-corrected chi connectivity index (χ2v) is 5.82. The largest absolute Gasteiger partial charge is 0.478 e. The van der Waals surface area contributed by atoms with Gasteiger partial charge < -0.3 is 14.8 Å². The van der Waals surface area contributed by atoms with Crippen LogP contribution >= 0.6 is 0 Å². The molecular formula is C21H21N3O3. The summed E-state index contributed by atoms with van der Waals surface area (Å²) in [7, 11) is 0. The van der Waals surface area contributed by atoms with E-state index in [1.807, 2.05) is 19.1 Å². The molecule has 0 aliphatic rings. The third-order valence-corrected chi connectivity index (χ3v) is 3.70. The second-order valence-electron chi connectivity index (χ2n) is 5.82. The summed E-state index contributed by atoms with van der Waals surface area (Å²) in [6, 6.07) is 14.3. The molecule has 0 unspecified atom stereocenters. The van der Waals surface area contributed by atoms with Gasteiger partial charge in [-0.2, -0.15) is 0 Å². The lowest BCUT2D eigenvalue weighted by Crippen LogP contribution is -2.23. The second kappa shape index (κ2) is 9.33. The number of ether oxygens (including phenoxy) is 2. The van der Waals surface area contributed by atoms with E-state index in [-0.39, 0.29) is 5.91 Å². The Morgan fingerprint density at radius 2 is 1.96 bits per heavy atom. The van der Waals surface area contributed by atoms with Gasteiger partial charge in [-0.25, -0.2) is 4.98 Å². The average molecular weight is 363 g/mol.